The molecule has 1 unspecified atom stereocenters. The molecule has 1 fully saturated rings. The Morgan fingerprint density at radius 3 is 2.60 bits per heavy atom. The third-order valence-corrected chi connectivity index (χ3v) is 3.28. The third-order valence-electron chi connectivity index (χ3n) is 3.28. The zero-order valence-corrected chi connectivity index (χ0v) is 11.8. The van der Waals surface area contributed by atoms with E-state index in [4.69, 9.17) is 9.84 Å². The molecule has 0 spiro atoms. The van der Waals surface area contributed by atoms with E-state index in [2.05, 4.69) is 10.6 Å². The minimum absolute atomic E-state index is 0.244. The summed E-state index contributed by atoms with van der Waals surface area (Å²) in [4.78, 5) is 35.1. The second kappa shape index (κ2) is 7.09. The number of methoxy groups -OCH3 is 1. The van der Waals surface area contributed by atoms with Crippen LogP contribution in [0.5, 0.6) is 0 Å². The Morgan fingerprint density at radius 2 is 2.00 bits per heavy atom. The summed E-state index contributed by atoms with van der Waals surface area (Å²) in [7, 11) is 1.61. The first-order chi connectivity index (χ1) is 9.36. The predicted octanol–water partition coefficient (Wildman–Crippen LogP) is -0.602. The van der Waals surface area contributed by atoms with Crippen LogP contribution in [0.2, 0.25) is 0 Å². The molecule has 1 aliphatic rings. The van der Waals surface area contributed by atoms with Gasteiger partial charge in [-0.3, -0.25) is 9.59 Å². The zero-order valence-electron chi connectivity index (χ0n) is 11.8. The molecule has 0 aromatic rings. The number of amides is 3. The maximum absolute atomic E-state index is 11.9. The Bertz CT molecular complexity index is 387. The lowest BCUT2D eigenvalue weighted by molar-refractivity contribution is -0.137. The highest BCUT2D eigenvalue weighted by Crippen LogP contribution is 2.23. The van der Waals surface area contributed by atoms with Gasteiger partial charge in [-0.1, -0.05) is 0 Å². The number of carboxylic acid groups (broad SMARTS) is 1. The highest BCUT2D eigenvalue weighted by molar-refractivity contribution is 5.86. The van der Waals surface area contributed by atoms with Crippen LogP contribution >= 0.6 is 0 Å². The summed E-state index contributed by atoms with van der Waals surface area (Å²) in [5.74, 6) is -1.66. The van der Waals surface area contributed by atoms with Crippen molar-refractivity contribution in [3.05, 3.63) is 0 Å². The monoisotopic (exact) mass is 287 g/mol. The van der Waals surface area contributed by atoms with E-state index in [1.807, 2.05) is 6.92 Å². The molecule has 20 heavy (non-hydrogen) atoms. The van der Waals surface area contributed by atoms with Crippen LogP contribution in [0.15, 0.2) is 0 Å². The molecule has 0 aliphatic carbocycles. The minimum atomic E-state index is -1.13. The number of hydrogen-bond donors (Lipinski definition) is 3. The van der Waals surface area contributed by atoms with Crippen molar-refractivity contribution in [1.82, 2.24) is 15.5 Å². The summed E-state index contributed by atoms with van der Waals surface area (Å²) in [6.45, 7) is 2.31. The fourth-order valence-electron chi connectivity index (χ4n) is 2.05. The van der Waals surface area contributed by atoms with E-state index in [-0.39, 0.29) is 18.2 Å². The van der Waals surface area contributed by atoms with Crippen molar-refractivity contribution in [2.75, 3.05) is 33.3 Å². The smallest absolute Gasteiger partial charge is 0.322 e. The summed E-state index contributed by atoms with van der Waals surface area (Å²) in [5.41, 5.74) is -0.360. The summed E-state index contributed by atoms with van der Waals surface area (Å²) in [6.07, 6.45) is 1.72. The molecule has 0 bridgehead atoms. The first kappa shape index (κ1) is 16.2. The number of rotatable bonds is 5. The van der Waals surface area contributed by atoms with Crippen LogP contribution in [-0.2, 0) is 14.3 Å². The fraction of sp³-hybridized carbons (Fsp3) is 0.750. The van der Waals surface area contributed by atoms with E-state index in [0.717, 1.165) is 12.8 Å². The van der Waals surface area contributed by atoms with E-state index in [9.17, 15) is 14.4 Å². The lowest BCUT2D eigenvalue weighted by atomic mass is 9.95. The molecule has 3 amide bonds. The SMILES string of the molecule is COC1(C)CCCN(C(=O)NCC(=O)NCC(=O)O)C1. The number of urea groups is 1. The molecule has 1 atom stereocenters. The van der Waals surface area contributed by atoms with E-state index < -0.39 is 18.4 Å². The molecule has 1 heterocycles. The Kier molecular flexibility index (Phi) is 5.75. The Labute approximate surface area is 117 Å². The normalized spacial score (nSPS) is 22.2. The molecule has 0 aromatic carbocycles. The first-order valence-corrected chi connectivity index (χ1v) is 6.43. The lowest BCUT2D eigenvalue weighted by Crippen LogP contribution is -2.53. The summed E-state index contributed by atoms with van der Waals surface area (Å²) in [5, 5.41) is 13.0. The standard InChI is InChI=1S/C12H21N3O5/c1-12(20-2)4-3-5-15(8-12)11(19)14-6-9(16)13-7-10(17)18/h3-8H2,1-2H3,(H,13,16)(H,14,19)(H,17,18). The van der Waals surface area contributed by atoms with Gasteiger partial charge in [-0.15, -0.1) is 0 Å². The van der Waals surface area contributed by atoms with Crippen molar-refractivity contribution >= 4 is 17.9 Å². The lowest BCUT2D eigenvalue weighted by Gasteiger charge is -2.39. The Hall–Kier alpha value is -1.83. The van der Waals surface area contributed by atoms with Crippen molar-refractivity contribution in [1.29, 1.82) is 0 Å². The average molecular weight is 287 g/mol. The van der Waals surface area contributed by atoms with Crippen LogP contribution in [-0.4, -0.2) is 66.8 Å². The van der Waals surface area contributed by atoms with Gasteiger partial charge in [-0.25, -0.2) is 4.79 Å². The molecule has 1 rings (SSSR count). The number of ether oxygens (including phenoxy) is 1. The van der Waals surface area contributed by atoms with Crippen molar-refractivity contribution in [2.24, 2.45) is 0 Å². The average Bonchev–Trinajstić information content (AvgIpc) is 2.42. The minimum Gasteiger partial charge on any atom is -0.480 e. The van der Waals surface area contributed by atoms with Gasteiger partial charge in [0.1, 0.15) is 6.54 Å². The van der Waals surface area contributed by atoms with Gasteiger partial charge in [0.2, 0.25) is 5.91 Å². The first-order valence-electron chi connectivity index (χ1n) is 6.43. The highest BCUT2D eigenvalue weighted by Gasteiger charge is 2.32. The van der Waals surface area contributed by atoms with E-state index >= 15 is 0 Å². The molecule has 1 aliphatic heterocycles. The largest absolute Gasteiger partial charge is 0.480 e. The predicted molar refractivity (Wildman–Crippen MR) is 70.3 cm³/mol. The molecule has 0 aromatic heterocycles. The fourth-order valence-corrected chi connectivity index (χ4v) is 2.05. The molecule has 114 valence electrons. The summed E-state index contributed by atoms with van der Waals surface area (Å²) in [6, 6.07) is -0.349. The van der Waals surface area contributed by atoms with Gasteiger partial charge in [-0.05, 0) is 19.8 Å². The van der Waals surface area contributed by atoms with Gasteiger partial charge in [0.15, 0.2) is 0 Å². The Balaban J connectivity index is 2.35. The molecule has 3 N–H and O–H groups in total. The van der Waals surface area contributed by atoms with Crippen LogP contribution in [0.3, 0.4) is 0 Å². The number of carboxylic acids is 1. The number of aliphatic carboxylic acids is 1. The van der Waals surface area contributed by atoms with Gasteiger partial charge in [0, 0.05) is 13.7 Å². The number of hydrogen-bond acceptors (Lipinski definition) is 4. The number of nitrogens with one attached hydrogen (secondary N) is 2. The molecular formula is C12H21N3O5. The number of likely N-dealkylation sites (tertiary alicyclic amines) is 1. The zero-order chi connectivity index (χ0) is 15.2. The topological polar surface area (TPSA) is 108 Å². The van der Waals surface area contributed by atoms with E-state index in [1.165, 1.54) is 0 Å². The van der Waals surface area contributed by atoms with Crippen molar-refractivity contribution in [2.45, 2.75) is 25.4 Å². The maximum Gasteiger partial charge on any atom is 0.322 e. The second-order valence-corrected chi connectivity index (χ2v) is 5.01. The molecular weight excluding hydrogens is 266 g/mol. The van der Waals surface area contributed by atoms with Gasteiger partial charge in [0.25, 0.3) is 0 Å². The van der Waals surface area contributed by atoms with Crippen LogP contribution in [0.1, 0.15) is 19.8 Å². The summed E-state index contributed by atoms with van der Waals surface area (Å²) < 4.78 is 5.38. The van der Waals surface area contributed by atoms with Crippen LogP contribution in [0.4, 0.5) is 4.79 Å². The quantitative estimate of drug-likeness (QED) is 0.625. The number of carbonyl (C=O) groups excluding carboxylic acids is 2. The van der Waals surface area contributed by atoms with E-state index in [0.29, 0.717) is 13.1 Å². The summed E-state index contributed by atoms with van der Waals surface area (Å²) >= 11 is 0. The van der Waals surface area contributed by atoms with Crippen LogP contribution < -0.4 is 10.6 Å². The van der Waals surface area contributed by atoms with Crippen molar-refractivity contribution < 1.29 is 24.2 Å². The van der Waals surface area contributed by atoms with Gasteiger partial charge >= 0.3 is 12.0 Å². The van der Waals surface area contributed by atoms with Gasteiger partial charge in [0.05, 0.1) is 18.7 Å². The molecule has 0 saturated carbocycles. The molecule has 0 radical (unpaired) electrons. The third kappa shape index (κ3) is 5.04. The number of piperidine rings is 1. The number of nitrogens with zero attached hydrogens (tertiary/aromatic N) is 1. The maximum atomic E-state index is 11.9. The molecule has 1 saturated heterocycles. The molecule has 8 nitrogen and oxygen atoms in total. The van der Waals surface area contributed by atoms with Crippen LogP contribution in [0.25, 0.3) is 0 Å². The Morgan fingerprint density at radius 1 is 1.30 bits per heavy atom. The van der Waals surface area contributed by atoms with E-state index in [1.54, 1.807) is 12.0 Å². The van der Waals surface area contributed by atoms with Gasteiger partial charge < -0.3 is 25.4 Å². The van der Waals surface area contributed by atoms with Crippen LogP contribution in [0, 0.1) is 0 Å². The molecule has 8 heteroatoms. The van der Waals surface area contributed by atoms with Crippen molar-refractivity contribution in [3.63, 3.8) is 0 Å². The van der Waals surface area contributed by atoms with Gasteiger partial charge in [-0.2, -0.15) is 0 Å². The highest BCUT2D eigenvalue weighted by atomic mass is 16.5. The van der Waals surface area contributed by atoms with Crippen molar-refractivity contribution in [3.8, 4) is 0 Å². The second-order valence-electron chi connectivity index (χ2n) is 5.01. The number of carbonyl (C=O) groups is 3.